The van der Waals surface area contributed by atoms with E-state index in [1.165, 1.54) is 6.42 Å². The van der Waals surface area contributed by atoms with Gasteiger partial charge in [-0.05, 0) is 38.8 Å². The normalized spacial score (nSPS) is 16.7. The van der Waals surface area contributed by atoms with E-state index < -0.39 is 0 Å². The van der Waals surface area contributed by atoms with Crippen LogP contribution in [-0.2, 0) is 16.0 Å². The molecule has 1 aliphatic rings. The highest BCUT2D eigenvalue weighted by Crippen LogP contribution is 2.24. The molecule has 2 aromatic rings. The van der Waals surface area contributed by atoms with Crippen LogP contribution in [0.1, 0.15) is 57.8 Å². The number of imidazole rings is 1. The van der Waals surface area contributed by atoms with Gasteiger partial charge in [-0.3, -0.25) is 9.59 Å². The number of fused-ring (bicyclic) bond motifs is 1. The van der Waals surface area contributed by atoms with Gasteiger partial charge in [0.25, 0.3) is 0 Å². The lowest BCUT2D eigenvalue weighted by Gasteiger charge is -2.21. The van der Waals surface area contributed by atoms with Crippen LogP contribution >= 0.6 is 0 Å². The number of aromatic nitrogens is 2. The maximum Gasteiger partial charge on any atom is 0.223 e. The van der Waals surface area contributed by atoms with E-state index in [-0.39, 0.29) is 23.7 Å². The van der Waals surface area contributed by atoms with E-state index in [1.54, 1.807) is 6.92 Å². The molecule has 1 N–H and O–H groups in total. The first-order valence-electron chi connectivity index (χ1n) is 9.32. The van der Waals surface area contributed by atoms with Crippen LogP contribution in [0.25, 0.3) is 11.0 Å². The van der Waals surface area contributed by atoms with E-state index in [0.717, 1.165) is 42.5 Å². The van der Waals surface area contributed by atoms with Crippen LogP contribution in [0.2, 0.25) is 0 Å². The van der Waals surface area contributed by atoms with Gasteiger partial charge in [-0.2, -0.15) is 0 Å². The minimum absolute atomic E-state index is 0.107. The number of nitrogens with zero attached hydrogens (tertiary/aromatic N) is 2. The Hall–Kier alpha value is -2.17. The number of ketones is 1. The molecule has 1 unspecified atom stereocenters. The Morgan fingerprint density at radius 2 is 1.96 bits per heavy atom. The van der Waals surface area contributed by atoms with Crippen molar-refractivity contribution in [3.8, 4) is 0 Å². The molecule has 1 aliphatic carbocycles. The monoisotopic (exact) mass is 341 g/mol. The fourth-order valence-corrected chi connectivity index (χ4v) is 3.69. The van der Waals surface area contributed by atoms with Gasteiger partial charge >= 0.3 is 0 Å². The number of benzene rings is 1. The Bertz CT molecular complexity index is 759. The topological polar surface area (TPSA) is 64.0 Å². The van der Waals surface area contributed by atoms with Gasteiger partial charge in [0.1, 0.15) is 5.82 Å². The van der Waals surface area contributed by atoms with E-state index in [4.69, 9.17) is 0 Å². The fourth-order valence-electron chi connectivity index (χ4n) is 3.69. The van der Waals surface area contributed by atoms with Crippen molar-refractivity contribution >= 4 is 22.7 Å². The predicted molar refractivity (Wildman–Crippen MR) is 98.4 cm³/mol. The van der Waals surface area contributed by atoms with Crippen molar-refractivity contribution in [2.24, 2.45) is 5.92 Å². The molecule has 1 aromatic heterocycles. The fraction of sp³-hybridized carbons (Fsp3) is 0.550. The third-order valence-electron chi connectivity index (χ3n) is 5.27. The zero-order valence-corrected chi connectivity index (χ0v) is 15.1. The van der Waals surface area contributed by atoms with Crippen molar-refractivity contribution in [1.82, 2.24) is 14.9 Å². The van der Waals surface area contributed by atoms with Crippen molar-refractivity contribution in [3.05, 3.63) is 30.1 Å². The number of carbonyl (C=O) groups excluding carboxylic acids is 2. The molecule has 25 heavy (non-hydrogen) atoms. The molecule has 1 saturated carbocycles. The molecular weight excluding hydrogens is 314 g/mol. The second-order valence-electron chi connectivity index (χ2n) is 7.05. The Balaban J connectivity index is 1.71. The molecule has 134 valence electrons. The van der Waals surface area contributed by atoms with Gasteiger partial charge in [-0.1, -0.05) is 31.4 Å². The van der Waals surface area contributed by atoms with Gasteiger partial charge in [-0.15, -0.1) is 0 Å². The summed E-state index contributed by atoms with van der Waals surface area (Å²) in [5.74, 6) is 1.30. The largest absolute Gasteiger partial charge is 0.355 e. The smallest absolute Gasteiger partial charge is 0.223 e. The molecule has 1 aromatic carbocycles. The molecule has 0 radical (unpaired) electrons. The molecule has 1 amide bonds. The summed E-state index contributed by atoms with van der Waals surface area (Å²) in [7, 11) is 0. The van der Waals surface area contributed by atoms with Crippen molar-refractivity contribution in [1.29, 1.82) is 0 Å². The maximum atomic E-state index is 12.3. The minimum Gasteiger partial charge on any atom is -0.355 e. The summed E-state index contributed by atoms with van der Waals surface area (Å²) in [5.41, 5.74) is 1.86. The number of carbonyl (C=O) groups is 2. The number of rotatable bonds is 6. The van der Waals surface area contributed by atoms with Crippen LogP contribution in [0.4, 0.5) is 0 Å². The second kappa shape index (κ2) is 7.81. The van der Waals surface area contributed by atoms with E-state index in [0.29, 0.717) is 13.0 Å². The van der Waals surface area contributed by atoms with Crippen molar-refractivity contribution in [3.63, 3.8) is 0 Å². The third-order valence-corrected chi connectivity index (χ3v) is 5.27. The van der Waals surface area contributed by atoms with Crippen molar-refractivity contribution in [2.45, 2.75) is 58.4 Å². The van der Waals surface area contributed by atoms with Crippen LogP contribution < -0.4 is 5.32 Å². The Morgan fingerprint density at radius 1 is 1.24 bits per heavy atom. The maximum absolute atomic E-state index is 12.3. The summed E-state index contributed by atoms with van der Waals surface area (Å²) in [6.07, 6.45) is 6.20. The van der Waals surface area contributed by atoms with E-state index >= 15 is 0 Å². The molecule has 1 fully saturated rings. The first-order valence-corrected chi connectivity index (χ1v) is 9.32. The molecule has 0 saturated heterocycles. The molecule has 0 bridgehead atoms. The molecule has 5 nitrogen and oxygen atoms in total. The summed E-state index contributed by atoms with van der Waals surface area (Å²) < 4.78 is 2.00. The van der Waals surface area contributed by atoms with Crippen LogP contribution in [0.15, 0.2) is 24.3 Å². The average Bonchev–Trinajstić information content (AvgIpc) is 2.99. The highest BCUT2D eigenvalue weighted by molar-refractivity contribution is 5.84. The first-order chi connectivity index (χ1) is 12.1. The summed E-state index contributed by atoms with van der Waals surface area (Å²) in [4.78, 5) is 28.9. The van der Waals surface area contributed by atoms with Crippen LogP contribution in [-0.4, -0.2) is 27.8 Å². The van der Waals surface area contributed by atoms with E-state index in [1.807, 2.05) is 35.8 Å². The van der Waals surface area contributed by atoms with E-state index in [2.05, 4.69) is 10.3 Å². The molecular formula is C20H27N3O2. The standard InChI is InChI=1S/C20H27N3O2/c1-14(15(2)24)23-18-11-7-6-10-17(18)22-19(23)12-13-21-20(25)16-8-4-3-5-9-16/h6-7,10-11,14,16H,3-5,8-9,12-13H2,1-2H3,(H,21,25). The van der Waals surface area contributed by atoms with Gasteiger partial charge in [0, 0.05) is 18.9 Å². The number of para-hydroxylation sites is 2. The van der Waals surface area contributed by atoms with Gasteiger partial charge in [0.2, 0.25) is 5.91 Å². The number of Topliss-reactive ketones (excluding diaryl/α,β-unsaturated/α-hetero) is 1. The minimum atomic E-state index is -0.253. The number of nitrogens with one attached hydrogen (secondary N) is 1. The molecule has 1 atom stereocenters. The molecule has 5 heteroatoms. The average molecular weight is 341 g/mol. The lowest BCUT2D eigenvalue weighted by Crippen LogP contribution is -2.33. The summed E-state index contributed by atoms with van der Waals surface area (Å²) in [6.45, 7) is 4.07. The van der Waals surface area contributed by atoms with Crippen LogP contribution in [0.5, 0.6) is 0 Å². The van der Waals surface area contributed by atoms with Crippen molar-refractivity contribution in [2.75, 3.05) is 6.54 Å². The van der Waals surface area contributed by atoms with Gasteiger partial charge in [0.15, 0.2) is 5.78 Å². The SMILES string of the molecule is CC(=O)C(C)n1c(CCNC(=O)C2CCCCC2)nc2ccccc21. The van der Waals surface area contributed by atoms with Crippen LogP contribution in [0.3, 0.4) is 0 Å². The lowest BCUT2D eigenvalue weighted by molar-refractivity contribution is -0.126. The number of hydrogen-bond donors (Lipinski definition) is 1. The highest BCUT2D eigenvalue weighted by Gasteiger charge is 2.22. The first kappa shape index (κ1) is 17.6. The van der Waals surface area contributed by atoms with Gasteiger partial charge in [0.05, 0.1) is 17.1 Å². The molecule has 0 spiro atoms. The summed E-state index contributed by atoms with van der Waals surface area (Å²) in [5, 5.41) is 3.06. The third kappa shape index (κ3) is 3.91. The van der Waals surface area contributed by atoms with Crippen LogP contribution in [0, 0.1) is 5.92 Å². The Kier molecular flexibility index (Phi) is 5.51. The van der Waals surface area contributed by atoms with Crippen molar-refractivity contribution < 1.29 is 9.59 Å². The number of hydrogen-bond acceptors (Lipinski definition) is 3. The Labute approximate surface area is 148 Å². The summed E-state index contributed by atoms with van der Waals surface area (Å²) >= 11 is 0. The Morgan fingerprint density at radius 3 is 2.68 bits per heavy atom. The molecule has 0 aliphatic heterocycles. The van der Waals surface area contributed by atoms with E-state index in [9.17, 15) is 9.59 Å². The lowest BCUT2D eigenvalue weighted by atomic mass is 9.89. The van der Waals surface area contributed by atoms with Gasteiger partial charge < -0.3 is 9.88 Å². The number of amides is 1. The highest BCUT2D eigenvalue weighted by atomic mass is 16.2. The summed E-state index contributed by atoms with van der Waals surface area (Å²) in [6, 6.07) is 7.61. The quantitative estimate of drug-likeness (QED) is 0.875. The molecule has 1 heterocycles. The predicted octanol–water partition coefficient (Wildman–Crippen LogP) is 3.43. The molecule has 3 rings (SSSR count). The van der Waals surface area contributed by atoms with Gasteiger partial charge in [-0.25, -0.2) is 4.98 Å². The second-order valence-corrected chi connectivity index (χ2v) is 7.05. The zero-order valence-electron chi connectivity index (χ0n) is 15.1. The zero-order chi connectivity index (χ0) is 17.8.